The summed E-state index contributed by atoms with van der Waals surface area (Å²) in [5, 5.41) is 0. The van der Waals surface area contributed by atoms with Crippen molar-refractivity contribution >= 4 is 0 Å². The first-order valence-electron chi connectivity index (χ1n) is 4.91. The summed E-state index contributed by atoms with van der Waals surface area (Å²) < 4.78 is 5.83. The Morgan fingerprint density at radius 2 is 1.46 bits per heavy atom. The fourth-order valence-corrected chi connectivity index (χ4v) is 1.21. The Labute approximate surface area is 83.2 Å². The normalized spacial score (nSPS) is 15.6. The molecule has 0 aromatic rings. The summed E-state index contributed by atoms with van der Waals surface area (Å²) >= 11 is 0. The first-order valence-corrected chi connectivity index (χ1v) is 4.91. The van der Waals surface area contributed by atoms with Crippen molar-refractivity contribution in [2.45, 2.75) is 60.2 Å². The monoisotopic (exact) mass is 184 g/mol. The molecule has 1 atom stereocenters. The highest BCUT2D eigenvalue weighted by atomic mass is 16.5. The maximum absolute atomic E-state index is 5.83. The van der Waals surface area contributed by atoms with Crippen LogP contribution in [0.5, 0.6) is 0 Å². The highest BCUT2D eigenvalue weighted by Crippen LogP contribution is 2.29. The van der Waals surface area contributed by atoms with Crippen molar-refractivity contribution in [3.05, 3.63) is 12.2 Å². The topological polar surface area (TPSA) is 9.23 Å². The van der Waals surface area contributed by atoms with Gasteiger partial charge < -0.3 is 4.74 Å². The Morgan fingerprint density at radius 3 is 1.69 bits per heavy atom. The van der Waals surface area contributed by atoms with Crippen molar-refractivity contribution in [3.8, 4) is 0 Å². The highest BCUT2D eigenvalue weighted by molar-refractivity contribution is 5.10. The average Bonchev–Trinajstić information content (AvgIpc) is 1.79. The molecule has 13 heavy (non-hydrogen) atoms. The lowest BCUT2D eigenvalue weighted by molar-refractivity contribution is -0.0405. The summed E-state index contributed by atoms with van der Waals surface area (Å²) in [7, 11) is 0. The van der Waals surface area contributed by atoms with E-state index in [0.29, 0.717) is 0 Å². The molecular formula is C12H24O. The van der Waals surface area contributed by atoms with Crippen LogP contribution in [0, 0.1) is 5.41 Å². The molecule has 0 saturated carbocycles. The van der Waals surface area contributed by atoms with Crippen LogP contribution >= 0.6 is 0 Å². The molecule has 0 saturated heterocycles. The van der Waals surface area contributed by atoms with Crippen LogP contribution in [0.1, 0.15) is 48.5 Å². The Morgan fingerprint density at radius 1 is 1.08 bits per heavy atom. The molecule has 0 spiro atoms. The zero-order valence-corrected chi connectivity index (χ0v) is 10.2. The zero-order chi connectivity index (χ0) is 10.9. The van der Waals surface area contributed by atoms with Crippen LogP contribution in [0.3, 0.4) is 0 Å². The van der Waals surface area contributed by atoms with E-state index >= 15 is 0 Å². The lowest BCUT2D eigenvalue weighted by Gasteiger charge is -2.32. The summed E-state index contributed by atoms with van der Waals surface area (Å²) in [4.78, 5) is 0. The van der Waals surface area contributed by atoms with Gasteiger partial charge in [-0.3, -0.25) is 0 Å². The van der Waals surface area contributed by atoms with Crippen molar-refractivity contribution in [1.29, 1.82) is 0 Å². The fraction of sp³-hybridized carbons (Fsp3) is 0.833. The minimum Gasteiger partial charge on any atom is -0.369 e. The predicted molar refractivity (Wildman–Crippen MR) is 58.9 cm³/mol. The fourth-order valence-electron chi connectivity index (χ4n) is 1.21. The molecule has 0 rings (SSSR count). The number of rotatable bonds is 2. The predicted octanol–water partition coefficient (Wildman–Crippen LogP) is 3.79. The first-order chi connectivity index (χ1) is 5.54. The molecule has 1 unspecified atom stereocenters. The van der Waals surface area contributed by atoms with Gasteiger partial charge in [0, 0.05) is 0 Å². The van der Waals surface area contributed by atoms with Crippen LogP contribution in [0.4, 0.5) is 0 Å². The van der Waals surface area contributed by atoms with Gasteiger partial charge in [-0.15, -0.1) is 0 Å². The van der Waals surface area contributed by atoms with Gasteiger partial charge in [0.05, 0.1) is 11.7 Å². The van der Waals surface area contributed by atoms with Crippen molar-refractivity contribution in [2.24, 2.45) is 5.41 Å². The van der Waals surface area contributed by atoms with Crippen LogP contribution in [0.25, 0.3) is 0 Å². The molecule has 78 valence electrons. The maximum Gasteiger partial charge on any atom is 0.0766 e. The van der Waals surface area contributed by atoms with E-state index in [2.05, 4.69) is 55.0 Å². The lowest BCUT2D eigenvalue weighted by Crippen LogP contribution is -2.30. The van der Waals surface area contributed by atoms with Crippen LogP contribution < -0.4 is 0 Å². The Bertz CT molecular complexity index is 178. The van der Waals surface area contributed by atoms with E-state index in [0.717, 1.165) is 5.57 Å². The summed E-state index contributed by atoms with van der Waals surface area (Å²) in [6, 6.07) is 0. The minimum atomic E-state index is -0.0897. The van der Waals surface area contributed by atoms with Crippen LogP contribution in [0.15, 0.2) is 12.2 Å². The highest BCUT2D eigenvalue weighted by Gasteiger charge is 2.24. The molecule has 0 radical (unpaired) electrons. The summed E-state index contributed by atoms with van der Waals surface area (Å²) in [6.45, 7) is 18.9. The molecule has 0 aliphatic heterocycles. The quantitative estimate of drug-likeness (QED) is 0.593. The van der Waals surface area contributed by atoms with E-state index in [4.69, 9.17) is 4.74 Å². The third kappa shape index (κ3) is 5.09. The van der Waals surface area contributed by atoms with Crippen molar-refractivity contribution in [3.63, 3.8) is 0 Å². The Kier molecular flexibility index (Phi) is 3.74. The Hall–Kier alpha value is -0.300. The van der Waals surface area contributed by atoms with Crippen molar-refractivity contribution in [1.82, 2.24) is 0 Å². The average molecular weight is 184 g/mol. The van der Waals surface area contributed by atoms with Crippen molar-refractivity contribution in [2.75, 3.05) is 0 Å². The molecule has 0 N–H and O–H groups in total. The number of ether oxygens (including phenoxy) is 1. The standard InChI is InChI=1S/C12H24O/c1-9(11(3,4)5)10(2)13-12(6,7)8/h10H,1H2,2-8H3. The van der Waals surface area contributed by atoms with Gasteiger partial charge in [-0.2, -0.15) is 0 Å². The molecule has 0 aromatic heterocycles. The second-order valence-electron chi connectivity index (χ2n) is 5.65. The lowest BCUT2D eigenvalue weighted by atomic mass is 9.84. The summed E-state index contributed by atoms with van der Waals surface area (Å²) in [6.07, 6.45) is 0.125. The molecule has 0 aliphatic carbocycles. The Balaban J connectivity index is 4.30. The van der Waals surface area contributed by atoms with E-state index in [1.165, 1.54) is 0 Å². The molecule has 1 nitrogen and oxygen atoms in total. The van der Waals surface area contributed by atoms with Gasteiger partial charge in [0.15, 0.2) is 0 Å². The third-order valence-electron chi connectivity index (χ3n) is 1.98. The molecule has 0 bridgehead atoms. The molecule has 0 heterocycles. The van der Waals surface area contributed by atoms with E-state index in [-0.39, 0.29) is 17.1 Å². The van der Waals surface area contributed by atoms with Crippen molar-refractivity contribution < 1.29 is 4.74 Å². The minimum absolute atomic E-state index is 0.0897. The first kappa shape index (κ1) is 12.7. The smallest absolute Gasteiger partial charge is 0.0766 e. The van der Waals surface area contributed by atoms with E-state index in [9.17, 15) is 0 Å². The molecule has 0 aromatic carbocycles. The molecule has 0 fully saturated rings. The van der Waals surface area contributed by atoms with Gasteiger partial charge >= 0.3 is 0 Å². The largest absolute Gasteiger partial charge is 0.369 e. The zero-order valence-electron chi connectivity index (χ0n) is 10.2. The SMILES string of the molecule is C=C(C(C)OC(C)(C)C)C(C)(C)C. The second-order valence-corrected chi connectivity index (χ2v) is 5.65. The third-order valence-corrected chi connectivity index (χ3v) is 1.98. The summed E-state index contributed by atoms with van der Waals surface area (Å²) in [5.74, 6) is 0. The molecule has 1 heteroatoms. The van der Waals surface area contributed by atoms with Crippen LogP contribution in [-0.4, -0.2) is 11.7 Å². The van der Waals surface area contributed by atoms with Gasteiger partial charge in [0.1, 0.15) is 0 Å². The van der Waals surface area contributed by atoms with Gasteiger partial charge in [-0.05, 0) is 38.7 Å². The van der Waals surface area contributed by atoms with Gasteiger partial charge in [-0.1, -0.05) is 27.4 Å². The van der Waals surface area contributed by atoms with Gasteiger partial charge in [0.25, 0.3) is 0 Å². The molecular weight excluding hydrogens is 160 g/mol. The maximum atomic E-state index is 5.83. The van der Waals surface area contributed by atoms with E-state index in [1.807, 2.05) is 0 Å². The van der Waals surface area contributed by atoms with E-state index < -0.39 is 0 Å². The van der Waals surface area contributed by atoms with E-state index in [1.54, 1.807) is 0 Å². The van der Waals surface area contributed by atoms with Gasteiger partial charge in [0.2, 0.25) is 0 Å². The second kappa shape index (κ2) is 3.83. The van der Waals surface area contributed by atoms with Crippen LogP contribution in [-0.2, 0) is 4.74 Å². The summed E-state index contributed by atoms with van der Waals surface area (Å²) in [5.41, 5.74) is 1.19. The molecule has 0 amide bonds. The van der Waals surface area contributed by atoms with Crippen LogP contribution in [0.2, 0.25) is 0 Å². The number of hydrogen-bond donors (Lipinski definition) is 0. The number of hydrogen-bond acceptors (Lipinski definition) is 1. The van der Waals surface area contributed by atoms with Gasteiger partial charge in [-0.25, -0.2) is 0 Å². The molecule has 0 aliphatic rings.